The fourth-order valence-corrected chi connectivity index (χ4v) is 2.77. The van der Waals surface area contributed by atoms with Crippen LogP contribution in [0.15, 0.2) is 18.2 Å². The Bertz CT molecular complexity index is 426. The van der Waals surface area contributed by atoms with Crippen LogP contribution in [-0.2, 0) is 6.42 Å². The Morgan fingerprint density at radius 1 is 1.11 bits per heavy atom. The van der Waals surface area contributed by atoms with Gasteiger partial charge in [0.1, 0.15) is 11.6 Å². The molecule has 0 saturated heterocycles. The minimum Gasteiger partial charge on any atom is -0.390 e. The summed E-state index contributed by atoms with van der Waals surface area (Å²) < 4.78 is 26.6. The Balaban J connectivity index is 2.10. The lowest BCUT2D eigenvalue weighted by atomic mass is 9.85. The number of rotatable bonds is 3. The summed E-state index contributed by atoms with van der Waals surface area (Å²) >= 11 is 0. The summed E-state index contributed by atoms with van der Waals surface area (Å²) in [5.74, 6) is -1.07. The molecule has 1 aliphatic carbocycles. The molecule has 4 heteroatoms. The van der Waals surface area contributed by atoms with Gasteiger partial charge in [-0.1, -0.05) is 25.7 Å². The van der Waals surface area contributed by atoms with Crippen LogP contribution in [0.1, 0.15) is 44.1 Å². The highest BCUT2D eigenvalue weighted by Crippen LogP contribution is 2.31. The van der Waals surface area contributed by atoms with Crippen molar-refractivity contribution in [2.45, 2.75) is 56.7 Å². The van der Waals surface area contributed by atoms with Crippen LogP contribution in [0.3, 0.4) is 0 Å². The van der Waals surface area contributed by atoms with E-state index in [2.05, 4.69) is 0 Å². The highest BCUT2D eigenvalue weighted by Gasteiger charge is 2.36. The number of hydrogen-bond donors (Lipinski definition) is 2. The zero-order valence-electron chi connectivity index (χ0n) is 10.9. The molecule has 1 aromatic rings. The highest BCUT2D eigenvalue weighted by molar-refractivity contribution is 5.20. The maximum Gasteiger partial charge on any atom is 0.126 e. The normalized spacial score (nSPS) is 20.8. The molecule has 106 valence electrons. The van der Waals surface area contributed by atoms with Crippen molar-refractivity contribution in [3.63, 3.8) is 0 Å². The second-order valence-electron chi connectivity index (χ2n) is 5.47. The van der Waals surface area contributed by atoms with Gasteiger partial charge < -0.3 is 10.2 Å². The fourth-order valence-electron chi connectivity index (χ4n) is 2.77. The summed E-state index contributed by atoms with van der Waals surface area (Å²) in [5.41, 5.74) is -1.06. The molecule has 1 unspecified atom stereocenters. The second-order valence-corrected chi connectivity index (χ2v) is 5.47. The summed E-state index contributed by atoms with van der Waals surface area (Å²) in [6.07, 6.45) is 3.74. The van der Waals surface area contributed by atoms with Gasteiger partial charge >= 0.3 is 0 Å². The Hall–Kier alpha value is -1.00. The van der Waals surface area contributed by atoms with Crippen LogP contribution in [0.5, 0.6) is 0 Å². The lowest BCUT2D eigenvalue weighted by molar-refractivity contribution is -0.0839. The van der Waals surface area contributed by atoms with Crippen molar-refractivity contribution in [2.75, 3.05) is 0 Å². The van der Waals surface area contributed by atoms with Gasteiger partial charge in [-0.05, 0) is 36.6 Å². The van der Waals surface area contributed by atoms with Crippen LogP contribution < -0.4 is 0 Å². The van der Waals surface area contributed by atoms with Crippen molar-refractivity contribution in [3.05, 3.63) is 35.4 Å². The van der Waals surface area contributed by atoms with E-state index in [0.29, 0.717) is 12.8 Å². The molecule has 0 aromatic heterocycles. The summed E-state index contributed by atoms with van der Waals surface area (Å²) in [6.45, 7) is 0. The first-order chi connectivity index (χ1) is 9.01. The third-order valence-electron chi connectivity index (χ3n) is 4.01. The average Bonchev–Trinajstić information content (AvgIpc) is 2.60. The summed E-state index contributed by atoms with van der Waals surface area (Å²) in [5, 5.41) is 20.7. The lowest BCUT2D eigenvalue weighted by Gasteiger charge is -2.32. The largest absolute Gasteiger partial charge is 0.390 e. The third kappa shape index (κ3) is 3.51. The van der Waals surface area contributed by atoms with Gasteiger partial charge in [-0.15, -0.1) is 0 Å². The van der Waals surface area contributed by atoms with Crippen molar-refractivity contribution in [1.82, 2.24) is 0 Å². The molecule has 1 saturated carbocycles. The molecular formula is C15H20F2O2. The van der Waals surface area contributed by atoms with Crippen LogP contribution in [0.25, 0.3) is 0 Å². The molecule has 1 aliphatic rings. The number of halogens is 2. The van der Waals surface area contributed by atoms with E-state index in [-0.39, 0.29) is 12.0 Å². The minimum atomic E-state index is -1.17. The van der Waals surface area contributed by atoms with E-state index in [1.54, 1.807) is 0 Å². The number of benzene rings is 1. The van der Waals surface area contributed by atoms with Crippen molar-refractivity contribution in [2.24, 2.45) is 0 Å². The predicted octanol–water partition coefficient (Wildman–Crippen LogP) is 2.95. The maximum atomic E-state index is 13.5. The molecule has 1 fully saturated rings. The summed E-state index contributed by atoms with van der Waals surface area (Å²) in [7, 11) is 0. The second kappa shape index (κ2) is 5.97. The molecule has 19 heavy (non-hydrogen) atoms. The van der Waals surface area contributed by atoms with Gasteiger partial charge in [-0.2, -0.15) is 0 Å². The number of hydrogen-bond acceptors (Lipinski definition) is 2. The molecule has 1 aromatic carbocycles. The Morgan fingerprint density at radius 2 is 1.74 bits per heavy atom. The van der Waals surface area contributed by atoms with E-state index in [4.69, 9.17) is 0 Å². The monoisotopic (exact) mass is 270 g/mol. The molecule has 0 spiro atoms. The van der Waals surface area contributed by atoms with Crippen molar-refractivity contribution in [1.29, 1.82) is 0 Å². The van der Waals surface area contributed by atoms with E-state index in [9.17, 15) is 19.0 Å². The first-order valence-corrected chi connectivity index (χ1v) is 6.86. The molecule has 1 atom stereocenters. The fraction of sp³-hybridized carbons (Fsp3) is 0.600. The maximum absolute atomic E-state index is 13.5. The highest BCUT2D eigenvalue weighted by atomic mass is 19.1. The number of aliphatic hydroxyl groups excluding tert-OH is 1. The number of aliphatic hydroxyl groups is 2. The van der Waals surface area contributed by atoms with Crippen molar-refractivity contribution in [3.8, 4) is 0 Å². The van der Waals surface area contributed by atoms with Gasteiger partial charge in [0.2, 0.25) is 0 Å². The smallest absolute Gasteiger partial charge is 0.126 e. The molecule has 0 amide bonds. The minimum absolute atomic E-state index is 0.0555. The first kappa shape index (κ1) is 14.4. The molecule has 0 radical (unpaired) electrons. The molecule has 2 rings (SSSR count). The van der Waals surface area contributed by atoms with Gasteiger partial charge in [0.05, 0.1) is 11.7 Å². The van der Waals surface area contributed by atoms with Crippen LogP contribution in [0.2, 0.25) is 0 Å². The zero-order chi connectivity index (χ0) is 13.9. The van der Waals surface area contributed by atoms with Crippen LogP contribution in [-0.4, -0.2) is 21.9 Å². The quantitative estimate of drug-likeness (QED) is 0.829. The van der Waals surface area contributed by atoms with E-state index in [1.165, 1.54) is 0 Å². The topological polar surface area (TPSA) is 40.5 Å². The van der Waals surface area contributed by atoms with Crippen molar-refractivity contribution >= 4 is 0 Å². The Kier molecular flexibility index (Phi) is 4.53. The predicted molar refractivity (Wildman–Crippen MR) is 68.7 cm³/mol. The van der Waals surface area contributed by atoms with Gasteiger partial charge in [-0.3, -0.25) is 0 Å². The van der Waals surface area contributed by atoms with Gasteiger partial charge in [0.15, 0.2) is 0 Å². The van der Waals surface area contributed by atoms with E-state index in [0.717, 1.165) is 43.9 Å². The Morgan fingerprint density at radius 3 is 2.37 bits per heavy atom. The van der Waals surface area contributed by atoms with Crippen LogP contribution in [0, 0.1) is 11.6 Å². The molecule has 0 heterocycles. The van der Waals surface area contributed by atoms with Crippen LogP contribution >= 0.6 is 0 Å². The van der Waals surface area contributed by atoms with Crippen molar-refractivity contribution < 1.29 is 19.0 Å². The molecule has 2 nitrogen and oxygen atoms in total. The third-order valence-corrected chi connectivity index (χ3v) is 4.01. The molecule has 2 N–H and O–H groups in total. The van der Waals surface area contributed by atoms with E-state index >= 15 is 0 Å². The van der Waals surface area contributed by atoms with Gasteiger partial charge in [0.25, 0.3) is 0 Å². The zero-order valence-corrected chi connectivity index (χ0v) is 10.9. The first-order valence-electron chi connectivity index (χ1n) is 6.86. The molecule has 0 bridgehead atoms. The standard InChI is InChI=1S/C15H20F2O2/c16-12-5-6-13(17)11(9-12)10-14(18)15(19)7-3-1-2-4-8-15/h5-6,9,14,18-19H,1-4,7-8,10H2. The lowest BCUT2D eigenvalue weighted by Crippen LogP contribution is -2.43. The van der Waals surface area contributed by atoms with Gasteiger partial charge in [-0.25, -0.2) is 8.78 Å². The molecule has 0 aliphatic heterocycles. The van der Waals surface area contributed by atoms with E-state index < -0.39 is 23.3 Å². The SMILES string of the molecule is OC(Cc1cc(F)ccc1F)C1(O)CCCCCC1. The summed E-state index contributed by atoms with van der Waals surface area (Å²) in [6, 6.07) is 3.18. The average molecular weight is 270 g/mol. The molecular weight excluding hydrogens is 250 g/mol. The van der Waals surface area contributed by atoms with Crippen LogP contribution in [0.4, 0.5) is 8.78 Å². The van der Waals surface area contributed by atoms with Gasteiger partial charge in [0, 0.05) is 6.42 Å². The summed E-state index contributed by atoms with van der Waals surface area (Å²) in [4.78, 5) is 0. The Labute approximate surface area is 112 Å². The van der Waals surface area contributed by atoms with E-state index in [1.807, 2.05) is 0 Å².